The fourth-order valence-corrected chi connectivity index (χ4v) is 0.737. The van der Waals surface area contributed by atoms with Crippen molar-refractivity contribution in [2.24, 2.45) is 5.73 Å². The van der Waals surface area contributed by atoms with Gasteiger partial charge >= 0.3 is 5.97 Å². The number of rotatable bonds is 6. The zero-order valence-corrected chi connectivity index (χ0v) is 7.75. The largest absolute Gasteiger partial charge is 0.480 e. The summed E-state index contributed by atoms with van der Waals surface area (Å²) in [6, 6.07) is -1.01. The first kappa shape index (κ1) is 11.9. The molecule has 0 aromatic rings. The lowest BCUT2D eigenvalue weighted by atomic mass is 10.2. The van der Waals surface area contributed by atoms with Gasteiger partial charge in [0.2, 0.25) is 5.91 Å². The number of nitrogens with two attached hydrogens (primary N) is 1. The fourth-order valence-electron chi connectivity index (χ4n) is 0.737. The third kappa shape index (κ3) is 6.10. The van der Waals surface area contributed by atoms with Crippen LogP contribution in [0.25, 0.3) is 0 Å². The number of carbonyl (C=O) groups excluding carboxylic acids is 1. The minimum Gasteiger partial charge on any atom is -0.480 e. The molecule has 76 valence electrons. The van der Waals surface area contributed by atoms with Crippen LogP contribution in [0.4, 0.5) is 0 Å². The molecule has 1 amide bonds. The number of unbranched alkanes of at least 4 members (excludes halogenated alkanes) is 1. The highest BCUT2D eigenvalue weighted by Gasteiger charge is 2.11. The van der Waals surface area contributed by atoms with Crippen LogP contribution >= 0.6 is 0 Å². The zero-order valence-electron chi connectivity index (χ0n) is 7.75. The second kappa shape index (κ2) is 6.42. The van der Waals surface area contributed by atoms with Gasteiger partial charge < -0.3 is 16.2 Å². The minimum atomic E-state index is -1.10. The van der Waals surface area contributed by atoms with E-state index < -0.39 is 12.0 Å². The first-order valence-electron chi connectivity index (χ1n) is 4.33. The van der Waals surface area contributed by atoms with Gasteiger partial charge in [0.25, 0.3) is 0 Å². The second-order valence-corrected chi connectivity index (χ2v) is 2.85. The first-order chi connectivity index (χ1) is 6.07. The molecule has 4 N–H and O–H groups in total. The molecule has 0 fully saturated rings. The molecule has 0 aromatic carbocycles. The lowest BCUT2D eigenvalue weighted by Crippen LogP contribution is -2.42. The maximum atomic E-state index is 11.0. The van der Waals surface area contributed by atoms with Crippen LogP contribution in [0.1, 0.15) is 26.2 Å². The Labute approximate surface area is 77.3 Å². The van der Waals surface area contributed by atoms with Crippen molar-refractivity contribution in [1.29, 1.82) is 0 Å². The summed E-state index contributed by atoms with van der Waals surface area (Å²) in [4.78, 5) is 21.2. The van der Waals surface area contributed by atoms with Crippen molar-refractivity contribution in [3.05, 3.63) is 0 Å². The van der Waals surface area contributed by atoms with Crippen LogP contribution in [0.3, 0.4) is 0 Å². The molecule has 0 saturated heterocycles. The third-order valence-electron chi connectivity index (χ3n) is 1.59. The van der Waals surface area contributed by atoms with Gasteiger partial charge in [0.15, 0.2) is 0 Å². The summed E-state index contributed by atoms with van der Waals surface area (Å²) in [7, 11) is 0. The van der Waals surface area contributed by atoms with E-state index in [1.165, 1.54) is 0 Å². The molecule has 0 aromatic heterocycles. The van der Waals surface area contributed by atoms with E-state index in [-0.39, 0.29) is 12.5 Å². The summed E-state index contributed by atoms with van der Waals surface area (Å²) in [6.07, 6.45) is 2.19. The highest BCUT2D eigenvalue weighted by atomic mass is 16.4. The summed E-state index contributed by atoms with van der Waals surface area (Å²) in [5, 5.41) is 10.8. The molecular weight excluding hydrogens is 172 g/mol. The predicted molar refractivity (Wildman–Crippen MR) is 48.1 cm³/mol. The third-order valence-corrected chi connectivity index (χ3v) is 1.59. The number of nitrogens with one attached hydrogen (secondary N) is 1. The molecule has 0 spiro atoms. The Bertz CT molecular complexity index is 182. The number of carboxylic acid groups (broad SMARTS) is 1. The molecule has 0 aliphatic carbocycles. The van der Waals surface area contributed by atoms with Crippen molar-refractivity contribution in [2.75, 3.05) is 6.54 Å². The fraction of sp³-hybridized carbons (Fsp3) is 0.750. The van der Waals surface area contributed by atoms with Crippen LogP contribution in [0.15, 0.2) is 0 Å². The molecule has 0 rings (SSSR count). The number of carbonyl (C=O) groups is 2. The average molecular weight is 188 g/mol. The van der Waals surface area contributed by atoms with Crippen molar-refractivity contribution in [2.45, 2.75) is 32.2 Å². The quantitative estimate of drug-likeness (QED) is 0.533. The van der Waals surface area contributed by atoms with E-state index >= 15 is 0 Å². The molecule has 0 aliphatic heterocycles. The van der Waals surface area contributed by atoms with E-state index in [1.54, 1.807) is 0 Å². The number of carboxylic acids is 1. The van der Waals surface area contributed by atoms with Gasteiger partial charge in [0, 0.05) is 13.0 Å². The van der Waals surface area contributed by atoms with Gasteiger partial charge in [-0.05, 0) is 6.42 Å². The van der Waals surface area contributed by atoms with Crippen LogP contribution in [0.5, 0.6) is 0 Å². The van der Waals surface area contributed by atoms with E-state index in [0.717, 1.165) is 12.8 Å². The molecule has 0 unspecified atom stereocenters. The van der Waals surface area contributed by atoms with Crippen molar-refractivity contribution >= 4 is 11.9 Å². The number of aliphatic carboxylic acids is 1. The topological polar surface area (TPSA) is 92.4 Å². The van der Waals surface area contributed by atoms with Crippen molar-refractivity contribution in [3.8, 4) is 0 Å². The molecule has 0 heterocycles. The Hall–Kier alpha value is -1.10. The van der Waals surface area contributed by atoms with Crippen LogP contribution in [-0.4, -0.2) is 29.6 Å². The van der Waals surface area contributed by atoms with Crippen molar-refractivity contribution < 1.29 is 14.7 Å². The monoisotopic (exact) mass is 188 g/mol. The minimum absolute atomic E-state index is 0.00210. The molecule has 0 saturated carbocycles. The van der Waals surface area contributed by atoms with Crippen LogP contribution in [-0.2, 0) is 9.59 Å². The van der Waals surface area contributed by atoms with Gasteiger partial charge in [-0.3, -0.25) is 9.59 Å². The van der Waals surface area contributed by atoms with Crippen molar-refractivity contribution in [3.63, 3.8) is 0 Å². The zero-order chi connectivity index (χ0) is 10.3. The summed E-state index contributed by atoms with van der Waals surface area (Å²) < 4.78 is 0. The molecule has 0 bridgehead atoms. The molecular formula is C8H16N2O3. The van der Waals surface area contributed by atoms with E-state index in [0.29, 0.717) is 6.42 Å². The summed E-state index contributed by atoms with van der Waals surface area (Å²) in [6.45, 7) is 1.98. The predicted octanol–water partition coefficient (Wildman–Crippen LogP) is -0.295. The second-order valence-electron chi connectivity index (χ2n) is 2.85. The Kier molecular flexibility index (Phi) is 5.88. The van der Waals surface area contributed by atoms with Crippen LogP contribution in [0.2, 0.25) is 0 Å². The lowest BCUT2D eigenvalue weighted by Gasteiger charge is -2.07. The molecule has 13 heavy (non-hydrogen) atoms. The molecule has 0 aliphatic rings. The van der Waals surface area contributed by atoms with Gasteiger partial charge in [-0.15, -0.1) is 0 Å². The maximum absolute atomic E-state index is 11.0. The Morgan fingerprint density at radius 2 is 2.15 bits per heavy atom. The molecule has 0 radical (unpaired) electrons. The van der Waals surface area contributed by atoms with Gasteiger partial charge in [-0.2, -0.15) is 0 Å². The molecule has 5 nitrogen and oxygen atoms in total. The SMILES string of the molecule is CCCCC(=O)NC[C@H](N)C(=O)O. The van der Waals surface area contributed by atoms with Gasteiger partial charge in [-0.1, -0.05) is 13.3 Å². The van der Waals surface area contributed by atoms with Gasteiger partial charge in [0.1, 0.15) is 6.04 Å². The number of amides is 1. The summed E-state index contributed by atoms with van der Waals surface area (Å²) in [5.74, 6) is -1.24. The lowest BCUT2D eigenvalue weighted by molar-refractivity contribution is -0.138. The average Bonchev–Trinajstić information content (AvgIpc) is 2.10. The Morgan fingerprint density at radius 1 is 1.54 bits per heavy atom. The van der Waals surface area contributed by atoms with E-state index in [1.807, 2.05) is 6.92 Å². The molecule has 5 heteroatoms. The summed E-state index contributed by atoms with van der Waals surface area (Å²) >= 11 is 0. The first-order valence-corrected chi connectivity index (χ1v) is 4.33. The standard InChI is InChI=1S/C8H16N2O3/c1-2-3-4-7(11)10-5-6(9)8(12)13/h6H,2-5,9H2,1H3,(H,10,11)(H,12,13)/t6-/m0/s1. The normalized spacial score (nSPS) is 12.2. The van der Waals surface area contributed by atoms with Crippen LogP contribution < -0.4 is 11.1 Å². The smallest absolute Gasteiger partial charge is 0.322 e. The van der Waals surface area contributed by atoms with Gasteiger partial charge in [0.05, 0.1) is 0 Å². The van der Waals surface area contributed by atoms with E-state index in [9.17, 15) is 9.59 Å². The highest BCUT2D eigenvalue weighted by Crippen LogP contribution is 1.92. The van der Waals surface area contributed by atoms with Crippen LogP contribution in [0, 0.1) is 0 Å². The highest BCUT2D eigenvalue weighted by molar-refractivity contribution is 5.78. The van der Waals surface area contributed by atoms with Gasteiger partial charge in [-0.25, -0.2) is 0 Å². The summed E-state index contributed by atoms with van der Waals surface area (Å²) in [5.41, 5.74) is 5.18. The number of hydrogen-bond acceptors (Lipinski definition) is 3. The van der Waals surface area contributed by atoms with Crippen molar-refractivity contribution in [1.82, 2.24) is 5.32 Å². The molecule has 1 atom stereocenters. The van der Waals surface area contributed by atoms with E-state index in [2.05, 4.69) is 5.32 Å². The Balaban J connectivity index is 3.52. The van der Waals surface area contributed by atoms with E-state index in [4.69, 9.17) is 10.8 Å². The number of hydrogen-bond donors (Lipinski definition) is 3. The Morgan fingerprint density at radius 3 is 2.62 bits per heavy atom. The maximum Gasteiger partial charge on any atom is 0.322 e.